The Morgan fingerprint density at radius 3 is 2.29 bits per heavy atom. The Hall–Kier alpha value is -3.38. The van der Waals surface area contributed by atoms with E-state index in [0.29, 0.717) is 48.0 Å². The second-order valence-electron chi connectivity index (χ2n) is 7.46. The lowest BCUT2D eigenvalue weighted by Crippen LogP contribution is -2.49. The third kappa shape index (κ3) is 4.86. The zero-order valence-electron chi connectivity index (χ0n) is 17.2. The van der Waals surface area contributed by atoms with Crippen molar-refractivity contribution in [3.05, 3.63) is 88.6 Å². The van der Waals surface area contributed by atoms with Crippen molar-refractivity contribution in [1.82, 2.24) is 9.88 Å². The maximum atomic E-state index is 12.7. The monoisotopic (exact) mass is 434 g/mol. The highest BCUT2D eigenvalue weighted by Crippen LogP contribution is 2.19. The van der Waals surface area contributed by atoms with Gasteiger partial charge in [-0.1, -0.05) is 29.8 Å². The number of aromatic nitrogens is 1. The number of aryl methyl sites for hydroxylation is 1. The summed E-state index contributed by atoms with van der Waals surface area (Å²) < 4.78 is 0. The van der Waals surface area contributed by atoms with Crippen LogP contribution in [0, 0.1) is 6.92 Å². The number of nitrogens with zero attached hydrogens (tertiary/aromatic N) is 3. The molecule has 0 spiro atoms. The minimum absolute atomic E-state index is 0.0125. The topological polar surface area (TPSA) is 65.5 Å². The van der Waals surface area contributed by atoms with Gasteiger partial charge in [-0.05, 0) is 55.0 Å². The number of amides is 2. The van der Waals surface area contributed by atoms with Crippen LogP contribution in [-0.2, 0) is 0 Å². The van der Waals surface area contributed by atoms with Gasteiger partial charge in [0, 0.05) is 42.3 Å². The van der Waals surface area contributed by atoms with E-state index in [1.54, 1.807) is 36.5 Å². The van der Waals surface area contributed by atoms with Gasteiger partial charge in [0.15, 0.2) is 0 Å². The molecule has 158 valence electrons. The summed E-state index contributed by atoms with van der Waals surface area (Å²) in [5, 5.41) is 3.51. The Labute approximate surface area is 186 Å². The maximum absolute atomic E-state index is 12.7. The predicted octanol–water partition coefficient (Wildman–Crippen LogP) is 4.26. The lowest BCUT2D eigenvalue weighted by Gasteiger charge is -2.35. The molecule has 0 bridgehead atoms. The number of carbonyl (C=O) groups is 2. The van der Waals surface area contributed by atoms with Crippen LogP contribution in [0.25, 0.3) is 0 Å². The lowest BCUT2D eigenvalue weighted by molar-refractivity contribution is 0.0746. The van der Waals surface area contributed by atoms with Gasteiger partial charge in [0.05, 0.1) is 11.9 Å². The molecule has 2 amide bonds. The third-order valence-corrected chi connectivity index (χ3v) is 5.63. The number of hydrogen-bond donors (Lipinski definition) is 1. The van der Waals surface area contributed by atoms with Crippen LogP contribution < -0.4 is 10.2 Å². The molecule has 4 rings (SSSR count). The van der Waals surface area contributed by atoms with Crippen LogP contribution in [0.15, 0.2) is 66.9 Å². The quantitative estimate of drug-likeness (QED) is 0.666. The van der Waals surface area contributed by atoms with E-state index < -0.39 is 0 Å². The van der Waals surface area contributed by atoms with Crippen molar-refractivity contribution in [1.29, 1.82) is 0 Å². The third-order valence-electron chi connectivity index (χ3n) is 5.38. The van der Waals surface area contributed by atoms with Gasteiger partial charge in [0.1, 0.15) is 5.82 Å². The van der Waals surface area contributed by atoms with Crippen molar-refractivity contribution in [3.63, 3.8) is 0 Å². The number of nitrogens with one attached hydrogen (secondary N) is 1. The minimum Gasteiger partial charge on any atom is -0.353 e. The Morgan fingerprint density at radius 2 is 1.65 bits per heavy atom. The maximum Gasteiger partial charge on any atom is 0.255 e. The summed E-state index contributed by atoms with van der Waals surface area (Å²) in [6.45, 7) is 4.54. The molecule has 2 heterocycles. The normalized spacial score (nSPS) is 13.7. The molecule has 1 aromatic heterocycles. The molecule has 0 radical (unpaired) electrons. The van der Waals surface area contributed by atoms with Crippen molar-refractivity contribution in [2.75, 3.05) is 36.4 Å². The fourth-order valence-electron chi connectivity index (χ4n) is 3.59. The number of piperazine rings is 1. The molecule has 6 nitrogen and oxygen atoms in total. The molecule has 0 unspecified atom stereocenters. The molecule has 1 N–H and O–H groups in total. The smallest absolute Gasteiger partial charge is 0.255 e. The molecule has 1 aliphatic heterocycles. The summed E-state index contributed by atoms with van der Waals surface area (Å²) in [5.41, 5.74) is 2.86. The Kier molecular flexibility index (Phi) is 6.18. The average Bonchev–Trinajstić information content (AvgIpc) is 2.80. The number of hydrogen-bond acceptors (Lipinski definition) is 4. The number of benzene rings is 2. The zero-order valence-corrected chi connectivity index (χ0v) is 18.0. The molecule has 0 aliphatic carbocycles. The fraction of sp³-hybridized carbons (Fsp3) is 0.208. The number of pyridine rings is 1. The van der Waals surface area contributed by atoms with E-state index in [-0.39, 0.29) is 11.8 Å². The standard InChI is InChI=1S/C24H23ClN4O2/c1-17-4-2-3-5-21(17)23(30)27-20-10-11-22(26-16-20)28-12-14-29(15-13-28)24(31)18-6-8-19(25)9-7-18/h2-11,16H,12-15H2,1H3,(H,27,30). The fourth-order valence-corrected chi connectivity index (χ4v) is 3.71. The van der Waals surface area contributed by atoms with E-state index in [9.17, 15) is 9.59 Å². The van der Waals surface area contributed by atoms with E-state index in [1.165, 1.54) is 0 Å². The molecule has 1 aliphatic rings. The van der Waals surface area contributed by atoms with Gasteiger partial charge in [0.25, 0.3) is 11.8 Å². The van der Waals surface area contributed by atoms with Crippen LogP contribution >= 0.6 is 11.6 Å². The Balaban J connectivity index is 1.34. The van der Waals surface area contributed by atoms with E-state index in [1.807, 2.05) is 42.2 Å². The second-order valence-corrected chi connectivity index (χ2v) is 7.90. The largest absolute Gasteiger partial charge is 0.353 e. The summed E-state index contributed by atoms with van der Waals surface area (Å²) in [4.78, 5) is 33.6. The SMILES string of the molecule is Cc1ccccc1C(=O)Nc1ccc(N2CCN(C(=O)c3ccc(Cl)cc3)CC2)nc1. The summed E-state index contributed by atoms with van der Waals surface area (Å²) in [6.07, 6.45) is 1.66. The highest BCUT2D eigenvalue weighted by atomic mass is 35.5. The first kappa shape index (κ1) is 20.9. The molecule has 1 saturated heterocycles. The predicted molar refractivity (Wildman–Crippen MR) is 123 cm³/mol. The molecule has 0 saturated carbocycles. The van der Waals surface area contributed by atoms with E-state index in [2.05, 4.69) is 15.2 Å². The number of rotatable bonds is 4. The van der Waals surface area contributed by atoms with Crippen LogP contribution in [0.2, 0.25) is 5.02 Å². The van der Waals surface area contributed by atoms with Crippen LogP contribution in [0.4, 0.5) is 11.5 Å². The van der Waals surface area contributed by atoms with Crippen molar-refractivity contribution in [3.8, 4) is 0 Å². The molecule has 3 aromatic rings. The number of anilines is 2. The number of carbonyl (C=O) groups excluding carboxylic acids is 2. The van der Waals surface area contributed by atoms with Crippen molar-refractivity contribution < 1.29 is 9.59 Å². The number of halogens is 1. The van der Waals surface area contributed by atoms with Gasteiger partial charge >= 0.3 is 0 Å². The Morgan fingerprint density at radius 1 is 0.935 bits per heavy atom. The molecule has 31 heavy (non-hydrogen) atoms. The van der Waals surface area contributed by atoms with Gasteiger partial charge < -0.3 is 15.1 Å². The first-order chi connectivity index (χ1) is 15.0. The molecule has 7 heteroatoms. The first-order valence-corrected chi connectivity index (χ1v) is 10.5. The Bertz CT molecular complexity index is 1080. The van der Waals surface area contributed by atoms with Gasteiger partial charge in [-0.2, -0.15) is 0 Å². The van der Waals surface area contributed by atoms with Crippen molar-refractivity contribution in [2.24, 2.45) is 0 Å². The van der Waals surface area contributed by atoms with Crippen molar-refractivity contribution >= 4 is 34.9 Å². The second kappa shape index (κ2) is 9.18. The van der Waals surface area contributed by atoms with Crippen LogP contribution in [0.3, 0.4) is 0 Å². The van der Waals surface area contributed by atoms with E-state index in [0.717, 1.165) is 11.4 Å². The summed E-state index contributed by atoms with van der Waals surface area (Å²) in [6, 6.07) is 18.2. The van der Waals surface area contributed by atoms with Gasteiger partial charge in [-0.3, -0.25) is 9.59 Å². The summed E-state index contributed by atoms with van der Waals surface area (Å²) in [5.74, 6) is 0.688. The molecular weight excluding hydrogens is 412 g/mol. The van der Waals surface area contributed by atoms with Crippen LogP contribution in [-0.4, -0.2) is 47.9 Å². The molecule has 2 aromatic carbocycles. The van der Waals surface area contributed by atoms with E-state index >= 15 is 0 Å². The van der Waals surface area contributed by atoms with Crippen LogP contribution in [0.5, 0.6) is 0 Å². The molecular formula is C24H23ClN4O2. The average molecular weight is 435 g/mol. The van der Waals surface area contributed by atoms with E-state index in [4.69, 9.17) is 11.6 Å². The summed E-state index contributed by atoms with van der Waals surface area (Å²) in [7, 11) is 0. The van der Waals surface area contributed by atoms with Crippen molar-refractivity contribution in [2.45, 2.75) is 6.92 Å². The van der Waals surface area contributed by atoms with Crippen LogP contribution in [0.1, 0.15) is 26.3 Å². The lowest BCUT2D eigenvalue weighted by atomic mass is 10.1. The first-order valence-electron chi connectivity index (χ1n) is 10.1. The van der Waals surface area contributed by atoms with Gasteiger partial charge in [0.2, 0.25) is 0 Å². The molecule has 1 fully saturated rings. The molecule has 0 atom stereocenters. The minimum atomic E-state index is -0.151. The summed E-state index contributed by atoms with van der Waals surface area (Å²) >= 11 is 5.90. The highest BCUT2D eigenvalue weighted by Gasteiger charge is 2.23. The van der Waals surface area contributed by atoms with Gasteiger partial charge in [-0.15, -0.1) is 0 Å². The highest BCUT2D eigenvalue weighted by molar-refractivity contribution is 6.30. The van der Waals surface area contributed by atoms with Gasteiger partial charge in [-0.25, -0.2) is 4.98 Å². The zero-order chi connectivity index (χ0) is 21.8.